The van der Waals surface area contributed by atoms with Crippen LogP contribution in [0.4, 0.5) is 5.95 Å². The Morgan fingerprint density at radius 2 is 1.90 bits per heavy atom. The number of nitrogens with two attached hydrogens (primary N) is 1. The quantitative estimate of drug-likeness (QED) is 0.908. The highest BCUT2D eigenvalue weighted by molar-refractivity contribution is 5.56. The summed E-state index contributed by atoms with van der Waals surface area (Å²) in [6.45, 7) is 7.04. The normalized spacial score (nSPS) is 18.0. The molecule has 0 radical (unpaired) electrons. The molecule has 112 valence electrons. The van der Waals surface area contributed by atoms with Crippen LogP contribution in [0.3, 0.4) is 0 Å². The van der Waals surface area contributed by atoms with E-state index in [9.17, 15) is 0 Å². The van der Waals surface area contributed by atoms with Gasteiger partial charge in [-0.3, -0.25) is 5.10 Å². The van der Waals surface area contributed by atoms with E-state index in [2.05, 4.69) is 58.2 Å². The molecule has 0 bridgehead atoms. The van der Waals surface area contributed by atoms with E-state index in [-0.39, 0.29) is 5.41 Å². The molecule has 3 N–H and O–H groups in total. The monoisotopic (exact) mass is 285 g/mol. The lowest BCUT2D eigenvalue weighted by Crippen LogP contribution is -2.42. The summed E-state index contributed by atoms with van der Waals surface area (Å²) in [5.74, 6) is 1.63. The molecule has 1 saturated heterocycles. The Morgan fingerprint density at radius 3 is 2.52 bits per heavy atom. The fourth-order valence-electron chi connectivity index (χ4n) is 2.69. The summed E-state index contributed by atoms with van der Waals surface area (Å²) in [6, 6.07) is 8.32. The van der Waals surface area contributed by atoms with Crippen LogP contribution in [0.15, 0.2) is 24.3 Å². The first-order valence-electron chi connectivity index (χ1n) is 7.54. The number of piperidine rings is 1. The number of H-pyrrole nitrogens is 1. The second-order valence-electron chi connectivity index (χ2n) is 6.35. The summed E-state index contributed by atoms with van der Waals surface area (Å²) in [5, 5.41) is 7.42. The van der Waals surface area contributed by atoms with Crippen molar-refractivity contribution in [1.29, 1.82) is 0 Å². The molecule has 5 nitrogen and oxygen atoms in total. The van der Waals surface area contributed by atoms with Gasteiger partial charge in [-0.25, -0.2) is 0 Å². The molecule has 0 aliphatic carbocycles. The lowest BCUT2D eigenvalue weighted by Gasteiger charge is -2.38. The Morgan fingerprint density at radius 1 is 1.24 bits per heavy atom. The van der Waals surface area contributed by atoms with Crippen LogP contribution in [0.5, 0.6) is 0 Å². The van der Waals surface area contributed by atoms with E-state index in [1.165, 1.54) is 5.56 Å². The molecule has 1 aliphatic heterocycles. The molecule has 1 aliphatic rings. The minimum Gasteiger partial charge on any atom is -0.339 e. The summed E-state index contributed by atoms with van der Waals surface area (Å²) in [6.07, 6.45) is 2.19. The van der Waals surface area contributed by atoms with Crippen molar-refractivity contribution >= 4 is 5.95 Å². The third-order valence-electron chi connectivity index (χ3n) is 4.54. The van der Waals surface area contributed by atoms with Crippen molar-refractivity contribution in [2.75, 3.05) is 24.5 Å². The predicted octanol–water partition coefficient (Wildman–Crippen LogP) is 2.35. The number of aromatic nitrogens is 3. The van der Waals surface area contributed by atoms with Crippen LogP contribution >= 0.6 is 0 Å². The molecular weight excluding hydrogens is 262 g/mol. The van der Waals surface area contributed by atoms with E-state index in [4.69, 9.17) is 5.73 Å². The van der Waals surface area contributed by atoms with E-state index >= 15 is 0 Å². The molecule has 0 unspecified atom stereocenters. The van der Waals surface area contributed by atoms with E-state index in [0.717, 1.165) is 49.8 Å². The van der Waals surface area contributed by atoms with Crippen LogP contribution in [-0.2, 0) is 0 Å². The zero-order valence-electron chi connectivity index (χ0n) is 12.8. The zero-order chi connectivity index (χ0) is 14.9. The minimum absolute atomic E-state index is 0.270. The van der Waals surface area contributed by atoms with Crippen molar-refractivity contribution in [1.82, 2.24) is 15.2 Å². The van der Waals surface area contributed by atoms with Gasteiger partial charge in [0.2, 0.25) is 5.95 Å². The first-order chi connectivity index (χ1) is 10.1. The van der Waals surface area contributed by atoms with E-state index in [1.54, 1.807) is 0 Å². The Bertz CT molecular complexity index is 593. The molecular formula is C16H23N5. The van der Waals surface area contributed by atoms with Gasteiger partial charge >= 0.3 is 0 Å². The van der Waals surface area contributed by atoms with Gasteiger partial charge in [0.1, 0.15) is 0 Å². The Hall–Kier alpha value is -1.88. The first kappa shape index (κ1) is 14.1. The van der Waals surface area contributed by atoms with Crippen LogP contribution in [0.1, 0.15) is 25.3 Å². The molecule has 2 heterocycles. The van der Waals surface area contributed by atoms with Crippen LogP contribution in [-0.4, -0.2) is 34.8 Å². The number of rotatable bonds is 3. The lowest BCUT2D eigenvalue weighted by atomic mass is 9.81. The van der Waals surface area contributed by atoms with Gasteiger partial charge in [0, 0.05) is 18.7 Å². The summed E-state index contributed by atoms with van der Waals surface area (Å²) in [5.41, 5.74) is 8.45. The van der Waals surface area contributed by atoms with Crippen molar-refractivity contribution in [3.63, 3.8) is 0 Å². The molecule has 1 aromatic heterocycles. The first-order valence-corrected chi connectivity index (χ1v) is 7.54. The topological polar surface area (TPSA) is 70.8 Å². The molecule has 0 amide bonds. The van der Waals surface area contributed by atoms with Crippen molar-refractivity contribution in [3.05, 3.63) is 29.8 Å². The number of benzene rings is 1. The fourth-order valence-corrected chi connectivity index (χ4v) is 2.69. The Kier molecular flexibility index (Phi) is 3.68. The van der Waals surface area contributed by atoms with Gasteiger partial charge in [-0.2, -0.15) is 4.98 Å². The molecule has 1 aromatic carbocycles. The largest absolute Gasteiger partial charge is 0.339 e. The number of hydrogen-bond donors (Lipinski definition) is 2. The SMILES string of the molecule is Cc1ccc(-c2nc(N3CCC(C)(CN)CC3)n[nH]2)cc1. The summed E-state index contributed by atoms with van der Waals surface area (Å²) < 4.78 is 0. The zero-order valence-corrected chi connectivity index (χ0v) is 12.8. The number of nitrogens with one attached hydrogen (secondary N) is 1. The van der Waals surface area contributed by atoms with Crippen molar-refractivity contribution in [2.24, 2.45) is 11.1 Å². The standard InChI is InChI=1S/C16H23N5/c1-12-3-5-13(6-4-12)14-18-15(20-19-14)21-9-7-16(2,11-17)8-10-21/h3-6H,7-11,17H2,1-2H3,(H,18,19,20). The third-order valence-corrected chi connectivity index (χ3v) is 4.54. The number of hydrogen-bond acceptors (Lipinski definition) is 4. The smallest absolute Gasteiger partial charge is 0.245 e. The van der Waals surface area contributed by atoms with E-state index < -0.39 is 0 Å². The molecule has 2 aromatic rings. The molecule has 0 saturated carbocycles. The fraction of sp³-hybridized carbons (Fsp3) is 0.500. The van der Waals surface area contributed by atoms with Crippen molar-refractivity contribution < 1.29 is 0 Å². The van der Waals surface area contributed by atoms with Gasteiger partial charge in [0.25, 0.3) is 0 Å². The molecule has 5 heteroatoms. The number of nitrogens with zero attached hydrogens (tertiary/aromatic N) is 3. The van der Waals surface area contributed by atoms with Crippen LogP contribution < -0.4 is 10.6 Å². The highest BCUT2D eigenvalue weighted by Gasteiger charge is 2.30. The molecule has 3 rings (SSSR count). The summed E-state index contributed by atoms with van der Waals surface area (Å²) in [7, 11) is 0. The Balaban J connectivity index is 1.72. The van der Waals surface area contributed by atoms with Gasteiger partial charge in [-0.1, -0.05) is 36.8 Å². The average Bonchev–Trinajstić information content (AvgIpc) is 2.98. The molecule has 1 fully saturated rings. The van der Waals surface area contributed by atoms with E-state index in [1.807, 2.05) is 0 Å². The maximum atomic E-state index is 5.86. The maximum Gasteiger partial charge on any atom is 0.245 e. The number of aryl methyl sites for hydroxylation is 1. The van der Waals surface area contributed by atoms with Gasteiger partial charge in [-0.05, 0) is 31.7 Å². The molecule has 0 spiro atoms. The third kappa shape index (κ3) is 2.93. The maximum absolute atomic E-state index is 5.86. The highest BCUT2D eigenvalue weighted by Crippen LogP contribution is 2.31. The van der Waals surface area contributed by atoms with Crippen LogP contribution in [0.2, 0.25) is 0 Å². The summed E-state index contributed by atoms with van der Waals surface area (Å²) in [4.78, 5) is 6.88. The minimum atomic E-state index is 0.270. The highest BCUT2D eigenvalue weighted by atomic mass is 15.4. The average molecular weight is 285 g/mol. The van der Waals surface area contributed by atoms with Crippen molar-refractivity contribution in [2.45, 2.75) is 26.7 Å². The predicted molar refractivity (Wildman–Crippen MR) is 85.2 cm³/mol. The molecule has 0 atom stereocenters. The second kappa shape index (κ2) is 5.48. The van der Waals surface area contributed by atoms with Gasteiger partial charge in [0.15, 0.2) is 5.82 Å². The second-order valence-corrected chi connectivity index (χ2v) is 6.35. The van der Waals surface area contributed by atoms with E-state index in [0.29, 0.717) is 0 Å². The number of aromatic amines is 1. The van der Waals surface area contributed by atoms with Gasteiger partial charge in [0.05, 0.1) is 0 Å². The molecule has 21 heavy (non-hydrogen) atoms. The number of anilines is 1. The summed E-state index contributed by atoms with van der Waals surface area (Å²) >= 11 is 0. The van der Waals surface area contributed by atoms with Gasteiger partial charge in [-0.15, -0.1) is 5.10 Å². The van der Waals surface area contributed by atoms with Gasteiger partial charge < -0.3 is 10.6 Å². The Labute approximate surface area is 125 Å². The van der Waals surface area contributed by atoms with Crippen LogP contribution in [0, 0.1) is 12.3 Å². The lowest BCUT2D eigenvalue weighted by molar-refractivity contribution is 0.257. The van der Waals surface area contributed by atoms with Crippen molar-refractivity contribution in [3.8, 4) is 11.4 Å². The van der Waals surface area contributed by atoms with Crippen LogP contribution in [0.25, 0.3) is 11.4 Å².